The lowest BCUT2D eigenvalue weighted by molar-refractivity contribution is 0.229. The normalized spacial score (nSPS) is 10.7. The minimum absolute atomic E-state index is 0.0126. The van der Waals surface area contributed by atoms with Gasteiger partial charge in [-0.15, -0.1) is 4.48 Å². The number of nitrogens with one attached hydrogen (secondary N) is 1. The van der Waals surface area contributed by atoms with E-state index in [4.69, 9.17) is 9.47 Å². The topological polar surface area (TPSA) is 30.5 Å². The van der Waals surface area contributed by atoms with Crippen LogP contribution in [0, 0.1) is 0 Å². The minimum atomic E-state index is -0.0126. The van der Waals surface area contributed by atoms with E-state index in [1.54, 1.807) is 23.7 Å². The van der Waals surface area contributed by atoms with Crippen LogP contribution < -0.4 is 15.0 Å². The van der Waals surface area contributed by atoms with Gasteiger partial charge in [0.1, 0.15) is 17.2 Å². The zero-order valence-corrected chi connectivity index (χ0v) is 10.1. The van der Waals surface area contributed by atoms with Gasteiger partial charge in [-0.25, -0.2) is 5.54 Å². The van der Waals surface area contributed by atoms with Crippen LogP contribution in [-0.2, 0) is 0 Å². The summed E-state index contributed by atoms with van der Waals surface area (Å²) in [5.41, 5.74) is 1.91. The summed E-state index contributed by atoms with van der Waals surface area (Å²) in [6.07, 6.45) is 0.0671. The van der Waals surface area contributed by atoms with Gasteiger partial charge in [0.2, 0.25) is 0 Å². The van der Waals surface area contributed by atoms with Gasteiger partial charge in [-0.05, 0) is 39.8 Å². The highest BCUT2D eigenvalue weighted by molar-refractivity contribution is 5.57. The number of rotatable bonds is 5. The van der Waals surface area contributed by atoms with Gasteiger partial charge in [-0.1, -0.05) is 0 Å². The summed E-state index contributed by atoms with van der Waals surface area (Å²) in [5.74, 6) is 1.13. The van der Waals surface area contributed by atoms with Crippen LogP contribution in [0.25, 0.3) is 0 Å². The molecule has 1 aromatic rings. The third-order valence-corrected chi connectivity index (χ3v) is 1.79. The maximum absolute atomic E-state index is 12.5. The van der Waals surface area contributed by atoms with Gasteiger partial charge >= 0.3 is 0 Å². The predicted molar refractivity (Wildman–Crippen MR) is 62.7 cm³/mol. The number of halogens is 1. The number of hydrogen-bond donors (Lipinski definition) is 1. The second kappa shape index (κ2) is 5.58. The van der Waals surface area contributed by atoms with E-state index in [9.17, 15) is 4.48 Å². The average molecular weight is 227 g/mol. The van der Waals surface area contributed by atoms with E-state index in [1.807, 2.05) is 27.7 Å². The van der Waals surface area contributed by atoms with Gasteiger partial charge in [-0.2, -0.15) is 0 Å². The molecule has 0 spiro atoms. The van der Waals surface area contributed by atoms with E-state index in [1.165, 1.54) is 0 Å². The highest BCUT2D eigenvalue weighted by atomic mass is 19.2. The molecule has 0 heterocycles. The average Bonchev–Trinajstić information content (AvgIpc) is 2.16. The van der Waals surface area contributed by atoms with E-state index in [-0.39, 0.29) is 12.2 Å². The molecular formula is C12H18FNO2. The van der Waals surface area contributed by atoms with E-state index < -0.39 is 0 Å². The van der Waals surface area contributed by atoms with Crippen molar-refractivity contribution >= 4 is 5.69 Å². The molecule has 1 aromatic carbocycles. The molecule has 16 heavy (non-hydrogen) atoms. The molecule has 0 aliphatic carbocycles. The van der Waals surface area contributed by atoms with Gasteiger partial charge in [-0.3, -0.25) is 0 Å². The van der Waals surface area contributed by atoms with Crippen molar-refractivity contribution in [3.8, 4) is 11.5 Å². The highest BCUT2D eigenvalue weighted by Crippen LogP contribution is 2.30. The molecule has 1 rings (SSSR count). The highest BCUT2D eigenvalue weighted by Gasteiger charge is 2.08. The Kier molecular flexibility index (Phi) is 4.40. The molecule has 90 valence electrons. The number of hydrogen-bond acceptors (Lipinski definition) is 3. The SMILES string of the molecule is CC(C)Oc1ccc(NF)c(OC(C)C)c1. The van der Waals surface area contributed by atoms with Gasteiger partial charge in [0.15, 0.2) is 0 Å². The van der Waals surface area contributed by atoms with E-state index in [0.29, 0.717) is 17.2 Å². The summed E-state index contributed by atoms with van der Waals surface area (Å²) in [4.78, 5) is 0. The van der Waals surface area contributed by atoms with Gasteiger partial charge < -0.3 is 9.47 Å². The van der Waals surface area contributed by atoms with Crippen molar-refractivity contribution in [3.63, 3.8) is 0 Å². The Morgan fingerprint density at radius 2 is 1.69 bits per heavy atom. The van der Waals surface area contributed by atoms with Crippen molar-refractivity contribution in [1.29, 1.82) is 0 Å². The Hall–Kier alpha value is -1.45. The fourth-order valence-electron chi connectivity index (χ4n) is 1.28. The Bertz CT molecular complexity index is 340. The van der Waals surface area contributed by atoms with Crippen LogP contribution in [0.2, 0.25) is 0 Å². The Morgan fingerprint density at radius 1 is 1.06 bits per heavy atom. The van der Waals surface area contributed by atoms with Crippen LogP contribution in [0.1, 0.15) is 27.7 Å². The van der Waals surface area contributed by atoms with Gasteiger partial charge in [0.25, 0.3) is 0 Å². The third kappa shape index (κ3) is 3.61. The fraction of sp³-hybridized carbons (Fsp3) is 0.500. The van der Waals surface area contributed by atoms with Crippen molar-refractivity contribution < 1.29 is 14.0 Å². The quantitative estimate of drug-likeness (QED) is 0.780. The largest absolute Gasteiger partial charge is 0.491 e. The third-order valence-electron chi connectivity index (χ3n) is 1.79. The molecule has 3 nitrogen and oxygen atoms in total. The first-order chi connectivity index (χ1) is 7.52. The predicted octanol–water partition coefficient (Wildman–Crippen LogP) is 3.56. The molecular weight excluding hydrogens is 209 g/mol. The smallest absolute Gasteiger partial charge is 0.149 e. The molecule has 0 radical (unpaired) electrons. The second-order valence-corrected chi connectivity index (χ2v) is 4.09. The first-order valence-corrected chi connectivity index (χ1v) is 5.37. The molecule has 1 N–H and O–H groups in total. The second-order valence-electron chi connectivity index (χ2n) is 4.09. The molecule has 0 saturated heterocycles. The van der Waals surface area contributed by atoms with Crippen molar-refractivity contribution in [2.24, 2.45) is 0 Å². The molecule has 0 fully saturated rings. The molecule has 0 unspecified atom stereocenters. The van der Waals surface area contributed by atoms with Crippen molar-refractivity contribution in [3.05, 3.63) is 18.2 Å². The molecule has 0 amide bonds. The van der Waals surface area contributed by atoms with Gasteiger partial charge in [0, 0.05) is 6.07 Å². The molecule has 0 saturated carbocycles. The first-order valence-electron chi connectivity index (χ1n) is 5.37. The fourth-order valence-corrected chi connectivity index (χ4v) is 1.28. The maximum atomic E-state index is 12.5. The summed E-state index contributed by atoms with van der Waals surface area (Å²) < 4.78 is 23.4. The van der Waals surface area contributed by atoms with Crippen LogP contribution >= 0.6 is 0 Å². The van der Waals surface area contributed by atoms with Gasteiger partial charge in [0.05, 0.1) is 12.2 Å². The van der Waals surface area contributed by atoms with Crippen LogP contribution in [0.4, 0.5) is 10.2 Å². The van der Waals surface area contributed by atoms with Crippen molar-refractivity contribution in [2.75, 3.05) is 5.54 Å². The van der Waals surface area contributed by atoms with Crippen molar-refractivity contribution in [2.45, 2.75) is 39.9 Å². The summed E-state index contributed by atoms with van der Waals surface area (Å²) in [5, 5.41) is 0. The maximum Gasteiger partial charge on any atom is 0.149 e. The Labute approximate surface area is 95.5 Å². The number of benzene rings is 1. The summed E-state index contributed by atoms with van der Waals surface area (Å²) in [7, 11) is 0. The summed E-state index contributed by atoms with van der Waals surface area (Å²) in [6, 6.07) is 4.98. The van der Waals surface area contributed by atoms with Crippen molar-refractivity contribution in [1.82, 2.24) is 0 Å². The number of anilines is 1. The number of ether oxygens (including phenoxy) is 2. The minimum Gasteiger partial charge on any atom is -0.491 e. The molecule has 0 aliphatic heterocycles. The molecule has 0 bridgehead atoms. The Balaban J connectivity index is 2.91. The van der Waals surface area contributed by atoms with Crippen LogP contribution in [0.3, 0.4) is 0 Å². The van der Waals surface area contributed by atoms with E-state index >= 15 is 0 Å². The molecule has 0 aromatic heterocycles. The van der Waals surface area contributed by atoms with E-state index in [2.05, 4.69) is 0 Å². The Morgan fingerprint density at radius 3 is 2.19 bits per heavy atom. The van der Waals surface area contributed by atoms with Crippen LogP contribution in [0.15, 0.2) is 18.2 Å². The molecule has 0 atom stereocenters. The molecule has 0 aliphatic rings. The zero-order chi connectivity index (χ0) is 12.1. The lowest BCUT2D eigenvalue weighted by atomic mass is 10.2. The lowest BCUT2D eigenvalue weighted by Crippen LogP contribution is -2.09. The summed E-state index contributed by atoms with van der Waals surface area (Å²) >= 11 is 0. The monoisotopic (exact) mass is 227 g/mol. The molecule has 4 heteroatoms. The summed E-state index contributed by atoms with van der Waals surface area (Å²) in [6.45, 7) is 7.64. The van der Waals surface area contributed by atoms with Crippen LogP contribution in [-0.4, -0.2) is 12.2 Å². The standard InChI is InChI=1S/C12H18FNO2/c1-8(2)15-10-5-6-11(14-13)12(7-10)16-9(3)4/h5-9,14H,1-4H3. The first kappa shape index (κ1) is 12.6. The van der Waals surface area contributed by atoms with Crippen LogP contribution in [0.5, 0.6) is 11.5 Å². The van der Waals surface area contributed by atoms with E-state index in [0.717, 1.165) is 0 Å². The lowest BCUT2D eigenvalue weighted by Gasteiger charge is -2.15. The zero-order valence-electron chi connectivity index (χ0n) is 10.1.